The van der Waals surface area contributed by atoms with Gasteiger partial charge in [-0.3, -0.25) is 0 Å². The van der Waals surface area contributed by atoms with Crippen LogP contribution in [0.1, 0.15) is 5.56 Å². The molecule has 5 rings (SSSR count). The zero-order chi connectivity index (χ0) is 16.4. The molecule has 0 aliphatic carbocycles. The van der Waals surface area contributed by atoms with E-state index in [0.29, 0.717) is 0 Å². The highest BCUT2D eigenvalue weighted by atomic mass is 32.1. The summed E-state index contributed by atoms with van der Waals surface area (Å²) in [5.41, 5.74) is 2.13. The second-order valence-electron chi connectivity index (χ2n) is 6.28. The Morgan fingerprint density at radius 3 is 2.12 bits per heavy atom. The fraction of sp³-hybridized carbons (Fsp3) is 0.100. The van der Waals surface area contributed by atoms with Gasteiger partial charge in [0.1, 0.15) is 0 Å². The minimum Gasteiger partial charge on any atom is -0.423 e. The van der Waals surface area contributed by atoms with Crippen LogP contribution in [0.4, 0.5) is 0 Å². The highest BCUT2D eigenvalue weighted by Crippen LogP contribution is 2.45. The molecule has 0 aliphatic heterocycles. The maximum atomic E-state index is 10.3. The van der Waals surface area contributed by atoms with Crippen molar-refractivity contribution in [2.24, 2.45) is 0 Å². The van der Waals surface area contributed by atoms with E-state index in [1.54, 1.807) is 11.3 Å². The van der Waals surface area contributed by atoms with Gasteiger partial charge in [0.25, 0.3) is 0 Å². The van der Waals surface area contributed by atoms with E-state index in [2.05, 4.69) is 49.4 Å². The minimum absolute atomic E-state index is 0.849. The Kier molecular flexibility index (Phi) is 2.92. The molecule has 0 spiro atoms. The first-order chi connectivity index (χ1) is 11.7. The van der Waals surface area contributed by atoms with E-state index in [4.69, 9.17) is 4.65 Å². The summed E-state index contributed by atoms with van der Waals surface area (Å²) in [5, 5.41) is 17.9. The van der Waals surface area contributed by atoms with Crippen molar-refractivity contribution in [1.82, 2.24) is 0 Å². The molecule has 0 fully saturated rings. The van der Waals surface area contributed by atoms with Gasteiger partial charge >= 0.3 is 7.12 Å². The van der Waals surface area contributed by atoms with Crippen molar-refractivity contribution in [3.8, 4) is 0 Å². The van der Waals surface area contributed by atoms with Gasteiger partial charge in [0.05, 0.1) is 0 Å². The first-order valence-electron chi connectivity index (χ1n) is 8.00. The molecular formula is C20H15BO2S. The maximum absolute atomic E-state index is 10.3. The van der Waals surface area contributed by atoms with E-state index in [-0.39, 0.29) is 0 Å². The molecule has 0 unspecified atom stereocenters. The van der Waals surface area contributed by atoms with Gasteiger partial charge in [-0.2, -0.15) is 0 Å². The van der Waals surface area contributed by atoms with Gasteiger partial charge in [-0.1, -0.05) is 48.5 Å². The molecule has 0 saturated carbocycles. The van der Waals surface area contributed by atoms with Crippen LogP contribution in [0.15, 0.2) is 48.5 Å². The number of hydrogen-bond acceptors (Lipinski definition) is 3. The smallest absolute Gasteiger partial charge is 0.423 e. The molecule has 24 heavy (non-hydrogen) atoms. The topological polar surface area (TPSA) is 29.5 Å². The summed E-state index contributed by atoms with van der Waals surface area (Å²) < 4.78 is 7.62. The number of benzene rings is 4. The highest BCUT2D eigenvalue weighted by molar-refractivity contribution is 7.27. The second-order valence-corrected chi connectivity index (χ2v) is 7.30. The van der Waals surface area contributed by atoms with E-state index >= 15 is 0 Å². The fourth-order valence-corrected chi connectivity index (χ4v) is 5.20. The van der Waals surface area contributed by atoms with Crippen LogP contribution in [0.3, 0.4) is 0 Å². The SMILES string of the molecule is COB(O)c1ccc2c3ccccc3c3ccc(C)c4sc1c2c43. The molecule has 4 aromatic carbocycles. The van der Waals surface area contributed by atoms with Gasteiger partial charge in [-0.05, 0) is 34.0 Å². The van der Waals surface area contributed by atoms with Gasteiger partial charge in [0, 0.05) is 32.7 Å². The third kappa shape index (κ3) is 1.68. The zero-order valence-corrected chi connectivity index (χ0v) is 14.3. The van der Waals surface area contributed by atoms with Crippen molar-refractivity contribution in [2.75, 3.05) is 7.11 Å². The fourth-order valence-electron chi connectivity index (χ4n) is 3.85. The van der Waals surface area contributed by atoms with Gasteiger partial charge < -0.3 is 9.68 Å². The number of thiophene rings is 1. The van der Waals surface area contributed by atoms with Crippen molar-refractivity contribution in [2.45, 2.75) is 6.92 Å². The molecule has 0 radical (unpaired) electrons. The predicted octanol–water partition coefficient (Wildman–Crippen LogP) is 4.44. The summed E-state index contributed by atoms with van der Waals surface area (Å²) in [6.07, 6.45) is 0. The van der Waals surface area contributed by atoms with Crippen LogP contribution >= 0.6 is 11.3 Å². The minimum atomic E-state index is -0.895. The normalized spacial score (nSPS) is 12.1. The number of rotatable bonds is 2. The molecule has 1 aromatic heterocycles. The molecule has 0 bridgehead atoms. The van der Waals surface area contributed by atoms with Gasteiger partial charge in [-0.25, -0.2) is 0 Å². The third-order valence-corrected chi connectivity index (χ3v) is 6.37. The monoisotopic (exact) mass is 330 g/mol. The summed E-state index contributed by atoms with van der Waals surface area (Å²) in [6, 6.07) is 17.1. The van der Waals surface area contributed by atoms with Crippen LogP contribution in [0.5, 0.6) is 0 Å². The first kappa shape index (κ1) is 14.2. The summed E-state index contributed by atoms with van der Waals surface area (Å²) in [5.74, 6) is 0. The first-order valence-corrected chi connectivity index (χ1v) is 8.81. The Bertz CT molecular complexity index is 1220. The van der Waals surface area contributed by atoms with Crippen molar-refractivity contribution in [1.29, 1.82) is 0 Å². The molecular weight excluding hydrogens is 315 g/mol. The number of fused-ring (bicyclic) bond motifs is 3. The third-order valence-electron chi connectivity index (χ3n) is 4.99. The van der Waals surface area contributed by atoms with E-state index in [1.165, 1.54) is 49.7 Å². The van der Waals surface area contributed by atoms with Crippen LogP contribution in [-0.4, -0.2) is 19.3 Å². The molecule has 0 aliphatic rings. The van der Waals surface area contributed by atoms with E-state index in [1.807, 2.05) is 6.07 Å². The summed E-state index contributed by atoms with van der Waals surface area (Å²) in [6.45, 7) is 2.15. The lowest BCUT2D eigenvalue weighted by Gasteiger charge is -2.11. The molecule has 116 valence electrons. The lowest BCUT2D eigenvalue weighted by Crippen LogP contribution is -2.32. The summed E-state index contributed by atoms with van der Waals surface area (Å²) in [7, 11) is 0.642. The van der Waals surface area contributed by atoms with E-state index < -0.39 is 7.12 Å². The van der Waals surface area contributed by atoms with Crippen LogP contribution in [0.2, 0.25) is 0 Å². The maximum Gasteiger partial charge on any atom is 0.492 e. The standard InChI is InChI=1S/C20H15BO2S/c1-11-7-8-14-12-5-3-4-6-13(12)15-9-10-16(21(22)23-2)20-18(15)17(14)19(11)24-20/h3-10,22H,1-2H3. The van der Waals surface area contributed by atoms with Crippen molar-refractivity contribution in [3.05, 3.63) is 54.1 Å². The summed E-state index contributed by atoms with van der Waals surface area (Å²) in [4.78, 5) is 0. The Hall–Kier alpha value is -2.14. The van der Waals surface area contributed by atoms with Gasteiger partial charge in [0.15, 0.2) is 0 Å². The van der Waals surface area contributed by atoms with Gasteiger partial charge in [0.2, 0.25) is 0 Å². The van der Waals surface area contributed by atoms with Crippen molar-refractivity contribution in [3.63, 3.8) is 0 Å². The lowest BCUT2D eigenvalue weighted by molar-refractivity contribution is 0.342. The average Bonchev–Trinajstić information content (AvgIpc) is 3.03. The van der Waals surface area contributed by atoms with E-state index in [0.717, 1.165) is 10.2 Å². The van der Waals surface area contributed by atoms with Crippen LogP contribution in [0.25, 0.3) is 41.7 Å². The Morgan fingerprint density at radius 2 is 1.46 bits per heavy atom. The quantitative estimate of drug-likeness (QED) is 0.383. The van der Waals surface area contributed by atoms with Gasteiger partial charge in [-0.15, -0.1) is 11.3 Å². The molecule has 0 atom stereocenters. The van der Waals surface area contributed by atoms with Crippen LogP contribution in [0, 0.1) is 6.92 Å². The molecule has 5 aromatic rings. The molecule has 0 saturated heterocycles. The Morgan fingerprint density at radius 1 is 0.833 bits per heavy atom. The van der Waals surface area contributed by atoms with Crippen molar-refractivity contribution >= 4 is 65.6 Å². The lowest BCUT2D eigenvalue weighted by atomic mass is 9.78. The highest BCUT2D eigenvalue weighted by Gasteiger charge is 2.24. The van der Waals surface area contributed by atoms with Crippen LogP contribution < -0.4 is 5.46 Å². The van der Waals surface area contributed by atoms with Crippen LogP contribution in [-0.2, 0) is 4.65 Å². The zero-order valence-electron chi connectivity index (χ0n) is 13.5. The molecule has 2 nitrogen and oxygen atoms in total. The predicted molar refractivity (Wildman–Crippen MR) is 105 cm³/mol. The van der Waals surface area contributed by atoms with Crippen molar-refractivity contribution < 1.29 is 9.68 Å². The summed E-state index contributed by atoms with van der Waals surface area (Å²) >= 11 is 1.76. The average molecular weight is 330 g/mol. The molecule has 4 heteroatoms. The Balaban J connectivity index is 2.14. The largest absolute Gasteiger partial charge is 0.492 e. The van der Waals surface area contributed by atoms with E-state index in [9.17, 15) is 5.02 Å². The Labute approximate surface area is 143 Å². The number of aryl methyl sites for hydroxylation is 1. The molecule has 1 heterocycles. The molecule has 0 amide bonds. The number of hydrogen-bond donors (Lipinski definition) is 1. The molecule has 1 N–H and O–H groups in total. The second kappa shape index (κ2) is 4.93.